The Labute approximate surface area is 838 Å². The molecule has 0 bridgehead atoms. The Morgan fingerprint density at radius 2 is 1.08 bits per heavy atom. The quantitative estimate of drug-likeness (QED) is 0.0242. The number of para-hydroxylation sites is 2. The van der Waals surface area contributed by atoms with Gasteiger partial charge < -0.3 is 135 Å². The average molecular weight is 2030 g/mol. The molecule has 3 saturated heterocycles. The molecule has 2 aromatic heterocycles. The van der Waals surface area contributed by atoms with Gasteiger partial charge in [-0.3, -0.25) is 86.3 Å². The van der Waals surface area contributed by atoms with Crippen molar-refractivity contribution in [2.45, 2.75) is 248 Å². The highest BCUT2D eigenvalue weighted by atomic mass is 32.2. The second-order valence-electron chi connectivity index (χ2n) is 36.7. The predicted molar refractivity (Wildman–Crippen MR) is 536 cm³/mol. The van der Waals surface area contributed by atoms with E-state index in [1.165, 1.54) is 82.1 Å². The maximum atomic E-state index is 16.2. The number of aromatic nitrogens is 2. The molecule has 3 fully saturated rings. The third kappa shape index (κ3) is 32.6. The van der Waals surface area contributed by atoms with Gasteiger partial charge in [-0.25, -0.2) is 0 Å². The summed E-state index contributed by atoms with van der Waals surface area (Å²) in [5.74, 6) is -19.0. The Morgan fingerprint density at radius 1 is 0.542 bits per heavy atom. The molecule has 0 aliphatic carbocycles. The molecule has 0 radical (unpaired) electrons. The number of unbranched alkanes of at least 4 members (excludes halogenated alkanes) is 2. The number of primary amides is 2. The van der Waals surface area contributed by atoms with Crippen LogP contribution in [0, 0.1) is 11.8 Å². The number of likely N-dealkylation sites (N-methyl/N-ethyl adjacent to an activating group) is 3. The van der Waals surface area contributed by atoms with E-state index < -0.39 is 260 Å². The van der Waals surface area contributed by atoms with Crippen LogP contribution in [0.4, 0.5) is 0 Å². The zero-order valence-corrected chi connectivity index (χ0v) is 84.6. The number of nitrogens with one attached hydrogen (secondary N) is 15. The summed E-state index contributed by atoms with van der Waals surface area (Å²) in [4.78, 5) is 274. The number of benzene rings is 3. The van der Waals surface area contributed by atoms with Crippen LogP contribution in [0.25, 0.3) is 21.8 Å². The number of aliphatic carboxylic acids is 1. The Kier molecular flexibility index (Phi) is 43.8. The van der Waals surface area contributed by atoms with Gasteiger partial charge >= 0.3 is 5.97 Å². The number of phenols is 1. The molecule has 0 spiro atoms. The number of aliphatic hydroxyl groups is 1. The third-order valence-electron chi connectivity index (χ3n) is 25.0. The molecular weight excluding hydrogens is 1900 g/mol. The molecule has 3 aromatic carbocycles. The van der Waals surface area contributed by atoms with Crippen molar-refractivity contribution in [3.63, 3.8) is 0 Å². The first-order chi connectivity index (χ1) is 67.4. The molecule has 22 N–H and O–H groups in total. The number of carbonyl (C=O) groups excluding carboxylic acids is 17. The van der Waals surface area contributed by atoms with Crippen LogP contribution in [0.1, 0.15) is 149 Å². The van der Waals surface area contributed by atoms with Gasteiger partial charge in [-0.1, -0.05) is 116 Å². The van der Waals surface area contributed by atoms with Crippen molar-refractivity contribution in [1.82, 2.24) is 108 Å². The number of phenolic OH excluding ortho intramolecular Hbond substituents is 1. The monoisotopic (exact) mass is 2030 g/mol. The second-order valence-corrected chi connectivity index (χ2v) is 38.6. The van der Waals surface area contributed by atoms with Crippen molar-refractivity contribution < 1.29 is 102 Å². The fourth-order valence-electron chi connectivity index (χ4n) is 17.3. The topological polar surface area (TPSA) is 625 Å². The zero-order valence-electron chi connectivity index (χ0n) is 82.1. The highest BCUT2D eigenvalue weighted by Crippen LogP contribution is 2.29. The summed E-state index contributed by atoms with van der Waals surface area (Å²) in [6.45, 7) is 9.48. The molecule has 3 aliphatic heterocycles. The fraction of sp³-hybridized carbons (Fsp3) is 0.558. The first-order valence-corrected chi connectivity index (χ1v) is 49.6. The Bertz CT molecular complexity index is 5370. The number of aromatic amines is 1. The van der Waals surface area contributed by atoms with Gasteiger partial charge in [0.1, 0.15) is 96.9 Å². The summed E-state index contributed by atoms with van der Waals surface area (Å²) in [7, 11) is 6.93. The van der Waals surface area contributed by atoms with Crippen LogP contribution in [0.3, 0.4) is 0 Å². The molecule has 8 rings (SSSR count). The third-order valence-corrected chi connectivity index (χ3v) is 26.8. The fourth-order valence-corrected chi connectivity index (χ4v) is 18.4. The number of thioether (sulfide) groups is 1. The van der Waals surface area contributed by atoms with Crippen molar-refractivity contribution in [2.24, 2.45) is 23.3 Å². The molecule has 17 amide bonds. The number of hydrogen-bond acceptors (Lipinski definition) is 23. The number of H-pyrrole nitrogens is 1. The first kappa shape index (κ1) is 114. The molecule has 776 valence electrons. The number of nitrogens with zero attached hydrogens (tertiary/aromatic N) is 6. The summed E-state index contributed by atoms with van der Waals surface area (Å²) in [6, 6.07) is -2.47. The number of nitrogens with two attached hydrogens (primary N) is 2. The number of aliphatic hydroxyl groups excluding tert-OH is 1. The van der Waals surface area contributed by atoms with Gasteiger partial charge in [-0.2, -0.15) is 0 Å². The van der Waals surface area contributed by atoms with E-state index in [4.69, 9.17) is 35.9 Å². The molecule has 44 nitrogen and oxygen atoms in total. The van der Waals surface area contributed by atoms with E-state index in [0.29, 0.717) is 64.2 Å². The zero-order chi connectivity index (χ0) is 105. The van der Waals surface area contributed by atoms with Crippen LogP contribution in [-0.2, 0) is 112 Å². The predicted octanol–water partition coefficient (Wildman–Crippen LogP) is -1.97. The number of carboxylic acid groups (broad SMARTS) is 1. The number of rotatable bonds is 28. The lowest BCUT2D eigenvalue weighted by Crippen LogP contribution is -2.62. The summed E-state index contributed by atoms with van der Waals surface area (Å²) < 4.78 is 1.44. The Balaban J connectivity index is 1.25. The molecule has 47 heteroatoms. The van der Waals surface area contributed by atoms with Gasteiger partial charge in [0.25, 0.3) is 0 Å². The lowest BCUT2D eigenvalue weighted by atomic mass is 9.99. The molecule has 142 heavy (non-hydrogen) atoms. The van der Waals surface area contributed by atoms with E-state index in [1.54, 1.807) is 82.4 Å². The molecule has 5 aromatic rings. The van der Waals surface area contributed by atoms with Crippen LogP contribution >= 0.6 is 36.2 Å². The van der Waals surface area contributed by atoms with E-state index in [-0.39, 0.29) is 92.8 Å². The summed E-state index contributed by atoms with van der Waals surface area (Å²) in [6.07, 6.45) is 0.728. The van der Waals surface area contributed by atoms with Crippen molar-refractivity contribution in [1.29, 1.82) is 0 Å². The van der Waals surface area contributed by atoms with Crippen LogP contribution < -0.4 is 85.9 Å². The van der Waals surface area contributed by atoms with Gasteiger partial charge in [-0.05, 0) is 129 Å². The van der Waals surface area contributed by atoms with Crippen molar-refractivity contribution >= 4 is 175 Å². The number of carbonyl (C=O) groups is 18. The lowest BCUT2D eigenvalue weighted by Gasteiger charge is -2.36. The number of thiocarbonyl (C=S) groups is 2. The van der Waals surface area contributed by atoms with Crippen LogP contribution in [0.5, 0.6) is 5.75 Å². The maximum Gasteiger partial charge on any atom is 0.323 e. The normalized spacial score (nSPS) is 24.0. The number of aromatic hydroxyl groups is 1. The van der Waals surface area contributed by atoms with E-state index in [2.05, 4.69) is 79.4 Å². The van der Waals surface area contributed by atoms with E-state index in [0.717, 1.165) is 31.4 Å². The molecule has 0 saturated carbocycles. The number of hydrogen-bond donors (Lipinski definition) is 20. The number of fused-ring (bicyclic) bond motifs is 4. The molecule has 5 heterocycles. The standard InChI is InChI=1S/C95H137N23O21S3/c1-13-15-25-72-86(132)106-63(36-51(3)4)83(129)112-70(81(127)102-45-77(97)122)49-142-50-78(123)104-66(38-54-29-31-57(119)32-30-54)89(135)113(10)53(7)80(126)108-68(42-76(96)121)91(137)117-35-21-28-73(117)87(133)111-69(44-103-95(141)99-9)85(131)109-65(37-52(5)6)92(138)118-47-58(120)41-75(118)88(134)107-64(39-55-43-101-61-24-19-17-22-59(55)61)84(130)105-62(33-34-100-94(140)98-8)82(128)110-67(90(136)115(12)74(26-16-14-2)93(139)114(72)11)40-56-46-116(48-79(124)125)71-27-20-18-23-60(56)71/h17-20,22-24,27,29-32,43,46,51-53,58,62-70,72-75,101,119-120H,13-16,21,25-26,28,33-42,44-45,47-50H2,1-12H3,(H2,96,121)(H2,97,122)(H,102,127)(H,104,123)(H,105,130)(H,106,132)(H,107,134)(H,108,126)(H,109,131)(H,110,128)(H,111,133)(H,112,129)(H,124,125)(H2,98,100,140)(H2,99,103,141)/t53-,58+,62-,63-,64-,65-,66-,67-,68-,69-,70-,72-,73-,74-,75-/m0/s1. The SMILES string of the molecule is CCCC[C@H]1C(=O)N(C)[C@@H](CCCC)C(=O)N[C@@H](CC(C)C)C(=O)N[C@H](C(=O)NCC(N)=O)CSCC(=O)N[C@@H](Cc2ccc(O)cc2)C(=O)N(C)[C@@H](C)C(=O)N[C@@H](CC(N)=O)C(=O)N2CCC[C@H]2C(=O)N[C@@H](CNC(=S)NC)C(=O)N[C@@H](CC(C)C)C(=O)N2C[C@H](O)C[C@H]2C(=O)N[C@@H](Cc2c[nH]c3ccccc23)C(=O)N[C@@H](CCNC(=S)NC)C(=O)N[C@@H](Cc2cn(CC(=O)O)c3ccccc23)C(=O)N1C. The molecular formula is C95H137N23O21S3. The molecule has 0 unspecified atom stereocenters. The summed E-state index contributed by atoms with van der Waals surface area (Å²) >= 11 is 11.6. The summed E-state index contributed by atoms with van der Waals surface area (Å²) in [5.41, 5.74) is 13.5. The minimum atomic E-state index is -1.79. The smallest absolute Gasteiger partial charge is 0.323 e. The van der Waals surface area contributed by atoms with Gasteiger partial charge in [0.05, 0.1) is 24.8 Å². The number of amides is 17. The molecule has 15 atom stereocenters. The Hall–Kier alpha value is -13.3. The van der Waals surface area contributed by atoms with Crippen LogP contribution in [0.2, 0.25) is 0 Å². The van der Waals surface area contributed by atoms with Crippen LogP contribution in [-0.4, -0.2) is 336 Å². The largest absolute Gasteiger partial charge is 0.508 e. The lowest BCUT2D eigenvalue weighted by molar-refractivity contribution is -0.149. The summed E-state index contributed by atoms with van der Waals surface area (Å²) in [5, 5.41) is 71.6. The highest BCUT2D eigenvalue weighted by Gasteiger charge is 2.47. The van der Waals surface area contributed by atoms with E-state index in [9.17, 15) is 63.3 Å². The van der Waals surface area contributed by atoms with Gasteiger partial charge in [0.15, 0.2) is 10.2 Å². The van der Waals surface area contributed by atoms with Gasteiger partial charge in [0.2, 0.25) is 100 Å². The van der Waals surface area contributed by atoms with Crippen molar-refractivity contribution in [3.05, 3.63) is 102 Å². The minimum Gasteiger partial charge on any atom is -0.508 e. The van der Waals surface area contributed by atoms with E-state index in [1.807, 2.05) is 13.8 Å². The highest BCUT2D eigenvalue weighted by molar-refractivity contribution is 8.00. The maximum absolute atomic E-state index is 16.2. The van der Waals surface area contributed by atoms with Gasteiger partial charge in [0, 0.05) is 127 Å². The molecule has 3 aliphatic rings. The van der Waals surface area contributed by atoms with Gasteiger partial charge in [-0.15, -0.1) is 11.8 Å². The van der Waals surface area contributed by atoms with Crippen LogP contribution in [0.15, 0.2) is 85.2 Å². The minimum absolute atomic E-state index is 0.000437. The first-order valence-electron chi connectivity index (χ1n) is 47.6. The van der Waals surface area contributed by atoms with Crippen molar-refractivity contribution in [2.75, 3.05) is 79.5 Å². The van der Waals surface area contributed by atoms with Crippen molar-refractivity contribution in [3.8, 4) is 5.75 Å². The Morgan fingerprint density at radius 3 is 1.73 bits per heavy atom. The number of carboxylic acids is 1. The second kappa shape index (κ2) is 54.6. The van der Waals surface area contributed by atoms with E-state index >= 15 is 38.4 Å². The average Bonchev–Trinajstić information content (AvgIpc) is 1.62.